The fraction of sp³-hybridized carbons (Fsp3) is 0.867. The molecule has 49 heavy (non-hydrogen) atoms. The highest BCUT2D eigenvalue weighted by Crippen LogP contribution is 2.14. The van der Waals surface area contributed by atoms with Crippen LogP contribution in [0.2, 0.25) is 0 Å². The van der Waals surface area contributed by atoms with Crippen molar-refractivity contribution in [1.29, 1.82) is 0 Å². The third kappa shape index (κ3) is 42.1. The Balaban J connectivity index is 3.35. The third-order valence-electron chi connectivity index (χ3n) is 9.63. The first-order chi connectivity index (χ1) is 24.2. The number of carbonyl (C=O) groups excluding carboxylic acids is 2. The maximum Gasteiger partial charge on any atom is 0.220 e. The van der Waals surface area contributed by atoms with E-state index in [2.05, 4.69) is 48.2 Å². The monoisotopic (exact) mass is 683 g/mol. The molecule has 2 amide bonds. The molecule has 0 saturated heterocycles. The molecule has 0 aromatic carbocycles. The second-order valence-electron chi connectivity index (χ2n) is 14.6. The Hall–Kier alpha value is -1.94. The van der Waals surface area contributed by atoms with E-state index >= 15 is 0 Å². The first-order valence-corrected chi connectivity index (χ1v) is 21.7. The number of carbonyl (C=O) groups is 2. The van der Waals surface area contributed by atoms with Gasteiger partial charge in [0.2, 0.25) is 11.8 Å². The Labute approximate surface area is 306 Å². The molecule has 0 spiro atoms. The second-order valence-corrected chi connectivity index (χ2v) is 14.6. The Bertz CT molecular complexity index is 830. The molecule has 0 aliphatic heterocycles. The van der Waals surface area contributed by atoms with E-state index in [0.717, 1.165) is 44.9 Å². The number of rotatable bonds is 37. The molecule has 2 N–H and O–H groups in total. The van der Waals surface area contributed by atoms with E-state index in [9.17, 15) is 9.59 Å². The van der Waals surface area contributed by atoms with Gasteiger partial charge in [-0.2, -0.15) is 0 Å². The summed E-state index contributed by atoms with van der Waals surface area (Å²) in [5, 5.41) is 5.89. The van der Waals surface area contributed by atoms with Gasteiger partial charge in [-0.25, -0.2) is 0 Å². The molecule has 284 valence electrons. The molecule has 0 aliphatic carbocycles. The van der Waals surface area contributed by atoms with Gasteiger partial charge in [-0.05, 0) is 37.5 Å². The summed E-state index contributed by atoms with van der Waals surface area (Å²) in [5.41, 5.74) is 0. The van der Waals surface area contributed by atoms with Gasteiger partial charge < -0.3 is 10.6 Å². The summed E-state index contributed by atoms with van der Waals surface area (Å²) >= 11 is 0. The number of unbranched alkanes of at least 4 members (excludes halogenated alkanes) is 30. The fourth-order valence-corrected chi connectivity index (χ4v) is 6.36. The quantitative estimate of drug-likeness (QED) is 0.0506. The van der Waals surface area contributed by atoms with Gasteiger partial charge in [-0.15, -0.1) is 0 Å². The molecule has 4 heteroatoms. The van der Waals surface area contributed by atoms with Crippen LogP contribution < -0.4 is 10.6 Å². The summed E-state index contributed by atoms with van der Waals surface area (Å²) < 4.78 is 0. The van der Waals surface area contributed by atoms with Crippen LogP contribution in [0.1, 0.15) is 239 Å². The first-order valence-electron chi connectivity index (χ1n) is 21.7. The molecule has 0 fully saturated rings. The molecule has 0 radical (unpaired) electrons. The lowest BCUT2D eigenvalue weighted by atomic mass is 10.0. The predicted octanol–water partition coefficient (Wildman–Crippen LogP) is 12.9. The Morgan fingerprint density at radius 3 is 0.878 bits per heavy atom. The fourth-order valence-electron chi connectivity index (χ4n) is 6.36. The number of hydrogen-bond acceptors (Lipinski definition) is 2. The zero-order valence-electron chi connectivity index (χ0n) is 33.0. The average molecular weight is 683 g/mol. The highest BCUT2D eigenvalue weighted by molar-refractivity contribution is 5.77. The van der Waals surface area contributed by atoms with Crippen molar-refractivity contribution in [2.24, 2.45) is 0 Å². The van der Waals surface area contributed by atoms with E-state index in [-0.39, 0.29) is 11.8 Å². The topological polar surface area (TPSA) is 58.2 Å². The van der Waals surface area contributed by atoms with Gasteiger partial charge in [0.1, 0.15) is 0 Å². The predicted molar refractivity (Wildman–Crippen MR) is 215 cm³/mol. The summed E-state index contributed by atoms with van der Waals surface area (Å²) in [5.74, 6) is 12.7. The highest BCUT2D eigenvalue weighted by Gasteiger charge is 2.03. The van der Waals surface area contributed by atoms with E-state index < -0.39 is 0 Å². The van der Waals surface area contributed by atoms with Crippen LogP contribution in [0.4, 0.5) is 0 Å². The van der Waals surface area contributed by atoms with Crippen LogP contribution in [0.5, 0.6) is 0 Å². The Morgan fingerprint density at radius 2 is 0.592 bits per heavy atom. The maximum atomic E-state index is 12.1. The van der Waals surface area contributed by atoms with E-state index in [1.165, 1.54) is 167 Å². The minimum atomic E-state index is 0.0983. The number of nitrogens with one attached hydrogen (secondary N) is 2. The zero-order valence-corrected chi connectivity index (χ0v) is 33.0. The van der Waals surface area contributed by atoms with Gasteiger partial charge in [0.25, 0.3) is 0 Å². The summed E-state index contributed by atoms with van der Waals surface area (Å²) in [6, 6.07) is 0. The number of amides is 2. The standard InChI is InChI=1S/C45H82N2O2/c1-3-5-7-9-11-13-15-17-19-20-21-22-23-24-25-27-29-31-33-35-37-39-41-45(49)47-43-42-46-44(48)40-38-36-34-32-30-28-26-18-16-14-12-10-8-6-4-2/h3-21,26-43H2,1-2H3,(H,46,48)(H,47,49). The molecule has 0 bridgehead atoms. The lowest BCUT2D eigenvalue weighted by Gasteiger charge is -2.07. The molecule has 0 saturated carbocycles. The van der Waals surface area contributed by atoms with Crippen molar-refractivity contribution in [2.45, 2.75) is 239 Å². The average Bonchev–Trinajstić information content (AvgIpc) is 3.10. The van der Waals surface area contributed by atoms with Crippen molar-refractivity contribution >= 4 is 11.8 Å². The molecule has 4 nitrogen and oxygen atoms in total. The van der Waals surface area contributed by atoms with Gasteiger partial charge in [-0.1, -0.05) is 199 Å². The summed E-state index contributed by atoms with van der Waals surface area (Å²) in [6.45, 7) is 5.60. The van der Waals surface area contributed by atoms with Crippen LogP contribution in [-0.2, 0) is 9.59 Å². The Kier molecular flexibility index (Phi) is 40.6. The van der Waals surface area contributed by atoms with Crippen molar-refractivity contribution in [1.82, 2.24) is 10.6 Å². The maximum absolute atomic E-state index is 12.1. The molecular weight excluding hydrogens is 601 g/mol. The molecule has 0 unspecified atom stereocenters. The van der Waals surface area contributed by atoms with E-state index in [4.69, 9.17) is 0 Å². The van der Waals surface area contributed by atoms with E-state index in [0.29, 0.717) is 25.9 Å². The van der Waals surface area contributed by atoms with Crippen LogP contribution in [-0.4, -0.2) is 24.9 Å². The van der Waals surface area contributed by atoms with Crippen LogP contribution in [0, 0.1) is 23.7 Å². The van der Waals surface area contributed by atoms with Crippen LogP contribution >= 0.6 is 0 Å². The summed E-state index contributed by atoms with van der Waals surface area (Å²) in [7, 11) is 0. The van der Waals surface area contributed by atoms with E-state index in [1.807, 2.05) is 0 Å². The van der Waals surface area contributed by atoms with Gasteiger partial charge in [0, 0.05) is 38.8 Å². The van der Waals surface area contributed by atoms with Gasteiger partial charge in [0.15, 0.2) is 0 Å². The van der Waals surface area contributed by atoms with Gasteiger partial charge in [0.05, 0.1) is 0 Å². The largest absolute Gasteiger partial charge is 0.354 e. The second kappa shape index (κ2) is 42.2. The van der Waals surface area contributed by atoms with Crippen LogP contribution in [0.15, 0.2) is 0 Å². The number of hydrogen-bond donors (Lipinski definition) is 2. The van der Waals surface area contributed by atoms with Crippen molar-refractivity contribution in [3.05, 3.63) is 0 Å². The van der Waals surface area contributed by atoms with Gasteiger partial charge >= 0.3 is 0 Å². The van der Waals surface area contributed by atoms with Crippen LogP contribution in [0.25, 0.3) is 0 Å². The van der Waals surface area contributed by atoms with Crippen molar-refractivity contribution in [3.8, 4) is 23.7 Å². The van der Waals surface area contributed by atoms with Crippen molar-refractivity contribution in [2.75, 3.05) is 13.1 Å². The van der Waals surface area contributed by atoms with E-state index in [1.54, 1.807) is 0 Å². The van der Waals surface area contributed by atoms with Crippen molar-refractivity contribution < 1.29 is 9.59 Å². The smallest absolute Gasteiger partial charge is 0.220 e. The molecule has 0 heterocycles. The third-order valence-corrected chi connectivity index (χ3v) is 9.63. The molecule has 0 rings (SSSR count). The van der Waals surface area contributed by atoms with Gasteiger partial charge in [-0.3, -0.25) is 9.59 Å². The Morgan fingerprint density at radius 1 is 0.347 bits per heavy atom. The summed E-state index contributed by atoms with van der Waals surface area (Å²) in [4.78, 5) is 24.1. The summed E-state index contributed by atoms with van der Waals surface area (Å²) in [6.07, 6.45) is 43.5. The lowest BCUT2D eigenvalue weighted by molar-refractivity contribution is -0.123. The van der Waals surface area contributed by atoms with Crippen LogP contribution in [0.3, 0.4) is 0 Å². The minimum absolute atomic E-state index is 0.0983. The van der Waals surface area contributed by atoms with Crippen molar-refractivity contribution in [3.63, 3.8) is 0 Å². The molecule has 0 atom stereocenters. The zero-order chi connectivity index (χ0) is 35.6. The minimum Gasteiger partial charge on any atom is -0.354 e. The highest BCUT2D eigenvalue weighted by atomic mass is 16.2. The molecule has 0 aromatic rings. The lowest BCUT2D eigenvalue weighted by Crippen LogP contribution is -2.34. The normalized spacial score (nSPS) is 10.7. The SMILES string of the molecule is CCCCCCCCCCCCC#CC#CCCCCCCCCC(=O)NCCNC(=O)CCCCCCCCCCCCCCCCC. The first kappa shape index (κ1) is 47.1. The molecule has 0 aliphatic rings. The molecule has 0 aromatic heterocycles. The molecular formula is C45H82N2O2.